The van der Waals surface area contributed by atoms with E-state index in [9.17, 15) is 0 Å². The molecule has 6 aromatic carbocycles. The van der Waals surface area contributed by atoms with Gasteiger partial charge in [-0.3, -0.25) is 0 Å². The molecule has 0 unspecified atom stereocenters. The van der Waals surface area contributed by atoms with Gasteiger partial charge in [0.25, 0.3) is 0 Å². The van der Waals surface area contributed by atoms with E-state index in [4.69, 9.17) is 152 Å². The molecule has 2 saturated heterocycles. The number of ether oxygens (including phenoxy) is 32. The lowest BCUT2D eigenvalue weighted by Gasteiger charge is -2.46. The van der Waals surface area contributed by atoms with E-state index >= 15 is 0 Å². The van der Waals surface area contributed by atoms with Crippen LogP contribution in [0.5, 0.6) is 0 Å². The molecule has 2 fully saturated rings. The van der Waals surface area contributed by atoms with Gasteiger partial charge in [-0.15, -0.1) is 0 Å². The summed E-state index contributed by atoms with van der Waals surface area (Å²) in [6.45, 7) is 21.1. The molecule has 0 aromatic heterocycles. The lowest BCUT2D eigenvalue weighted by molar-refractivity contribution is -0.273. The molecule has 9 rings (SSSR count). The van der Waals surface area contributed by atoms with Crippen molar-refractivity contribution in [1.29, 1.82) is 0 Å². The van der Waals surface area contributed by atoms with Gasteiger partial charge >= 0.3 is 0 Å². The molecule has 32 heteroatoms. The van der Waals surface area contributed by atoms with E-state index < -0.39 is 61.0 Å². The summed E-state index contributed by atoms with van der Waals surface area (Å²) in [7, 11) is 0. The zero-order valence-electron chi connectivity index (χ0n) is 81.1. The fourth-order valence-electron chi connectivity index (χ4n) is 14.4. The van der Waals surface area contributed by atoms with Gasteiger partial charge in [-0.1, -0.05) is 206 Å². The summed E-state index contributed by atoms with van der Waals surface area (Å²) in [5, 5.41) is 0. The quantitative estimate of drug-likeness (QED) is 0.0450. The van der Waals surface area contributed by atoms with Crippen molar-refractivity contribution in [2.75, 3.05) is 317 Å². The van der Waals surface area contributed by atoms with Crippen molar-refractivity contribution < 1.29 is 152 Å². The minimum absolute atomic E-state index is 0.203. The van der Waals surface area contributed by atoms with Crippen molar-refractivity contribution in [2.45, 2.75) is 114 Å². The van der Waals surface area contributed by atoms with Crippen molar-refractivity contribution in [3.63, 3.8) is 0 Å². The molecule has 10 atom stereocenters. The molecule has 772 valence electrons. The number of hydrogen-bond donors (Lipinski definition) is 0. The third kappa shape index (κ3) is 56.0. The first-order chi connectivity index (χ1) is 68.7. The molecule has 0 N–H and O–H groups in total. The second kappa shape index (κ2) is 81.9. The standard InChI is InChI=1S/C106H156O32/c1-7-23-91(24-8-1)83-127-41-35-97-101(133-85-93-27-11-3-12-28-93)105(135-87-95-31-15-5-16-32-95)103-99(137-97)89-129-77-75-123-69-67-119-61-59-115-55-51-111-47-43-107-37-19-20-38-108-44-48-112-52-56-116-60-62-120-68-70-124-76-78-130-90-100-104(106(136-88-96-33-17-6-18-34-96)102(134-86-94-29-13-4-14-30-94)98(138-100)36-42-128-84-92-25-9-2-10-26-92)132-82-80-126-74-72-122-66-64-118-58-54-114-50-46-110-40-22-21-39-109-45-49-113-53-57-117-63-65-121-71-73-125-79-81-131-103/h1-34,97-106H,35-90H2/b20-19+,22-21+/t97-,98-,99-,100-,101-,102-,103-,104-,105-,106-/m1/s1. The van der Waals surface area contributed by atoms with Crippen molar-refractivity contribution >= 4 is 0 Å². The molecule has 32 nitrogen and oxygen atoms in total. The van der Waals surface area contributed by atoms with Gasteiger partial charge in [0, 0.05) is 13.2 Å². The van der Waals surface area contributed by atoms with Crippen molar-refractivity contribution in [3.8, 4) is 0 Å². The van der Waals surface area contributed by atoms with Crippen molar-refractivity contribution in [1.82, 2.24) is 0 Å². The van der Waals surface area contributed by atoms with Gasteiger partial charge in [0.1, 0.15) is 48.8 Å². The Balaban J connectivity index is 0.674. The zero-order chi connectivity index (χ0) is 95.5. The van der Waals surface area contributed by atoms with Gasteiger partial charge in [0.15, 0.2) is 0 Å². The highest BCUT2D eigenvalue weighted by atomic mass is 16.7. The molecule has 0 bridgehead atoms. The van der Waals surface area contributed by atoms with Crippen LogP contribution >= 0.6 is 0 Å². The largest absolute Gasteiger partial charge is 0.377 e. The van der Waals surface area contributed by atoms with E-state index in [0.717, 1.165) is 33.4 Å². The van der Waals surface area contributed by atoms with Gasteiger partial charge in [-0.25, -0.2) is 0 Å². The summed E-state index contributed by atoms with van der Waals surface area (Å²) in [5.74, 6) is 0. The third-order valence-electron chi connectivity index (χ3n) is 21.4. The normalized spacial score (nSPS) is 25.2. The average Bonchev–Trinajstić information content (AvgIpc) is 0.792. The van der Waals surface area contributed by atoms with E-state index in [2.05, 4.69) is 24.3 Å². The predicted molar refractivity (Wildman–Crippen MR) is 515 cm³/mol. The Labute approximate surface area is 817 Å². The minimum atomic E-state index is -0.610. The Morgan fingerprint density at radius 1 is 0.188 bits per heavy atom. The van der Waals surface area contributed by atoms with Crippen LogP contribution in [-0.4, -0.2) is 378 Å². The molecule has 3 aliphatic rings. The maximum absolute atomic E-state index is 7.02. The van der Waals surface area contributed by atoms with E-state index in [0.29, 0.717) is 343 Å². The monoisotopic (exact) mass is 1940 g/mol. The number of rotatable bonds is 22. The van der Waals surface area contributed by atoms with Crippen LogP contribution in [0.25, 0.3) is 0 Å². The Morgan fingerprint density at radius 3 is 0.587 bits per heavy atom. The second-order valence-corrected chi connectivity index (χ2v) is 32.0. The molecule has 0 spiro atoms. The molecule has 0 aliphatic carbocycles. The van der Waals surface area contributed by atoms with Crippen LogP contribution < -0.4 is 0 Å². The predicted octanol–water partition coefficient (Wildman–Crippen LogP) is 11.3. The summed E-state index contributed by atoms with van der Waals surface area (Å²) in [4.78, 5) is 0. The van der Waals surface area contributed by atoms with Crippen molar-refractivity contribution in [3.05, 3.63) is 240 Å². The van der Waals surface area contributed by atoms with Gasteiger partial charge in [-0.05, 0) is 46.2 Å². The summed E-state index contributed by atoms with van der Waals surface area (Å²) < 4.78 is 196. The first-order valence-corrected chi connectivity index (χ1v) is 49.1. The first kappa shape index (κ1) is 115. The lowest BCUT2D eigenvalue weighted by atomic mass is 9.92. The van der Waals surface area contributed by atoms with Crippen LogP contribution in [0.1, 0.15) is 46.2 Å². The molecule has 3 aliphatic heterocycles. The van der Waals surface area contributed by atoms with Gasteiger partial charge in [0.05, 0.1) is 356 Å². The molecule has 6 aromatic rings. The highest BCUT2D eigenvalue weighted by Gasteiger charge is 2.50. The van der Waals surface area contributed by atoms with Crippen LogP contribution in [0.2, 0.25) is 0 Å². The molecule has 3 heterocycles. The van der Waals surface area contributed by atoms with Crippen LogP contribution in [0.3, 0.4) is 0 Å². The minimum Gasteiger partial charge on any atom is -0.377 e. The maximum atomic E-state index is 7.02. The highest BCUT2D eigenvalue weighted by Crippen LogP contribution is 2.34. The fourth-order valence-corrected chi connectivity index (χ4v) is 14.4. The smallest absolute Gasteiger partial charge is 0.115 e. The highest BCUT2D eigenvalue weighted by molar-refractivity contribution is 5.18. The third-order valence-corrected chi connectivity index (χ3v) is 21.4. The van der Waals surface area contributed by atoms with Crippen LogP contribution in [0.4, 0.5) is 0 Å². The molecule has 0 radical (unpaired) electrons. The van der Waals surface area contributed by atoms with Gasteiger partial charge in [-0.2, -0.15) is 0 Å². The first-order valence-electron chi connectivity index (χ1n) is 49.1. The topological polar surface area (TPSA) is 295 Å². The molecular weight excluding hydrogens is 1790 g/mol. The lowest BCUT2D eigenvalue weighted by Crippen LogP contribution is -2.61. The summed E-state index contributed by atoms with van der Waals surface area (Å²) in [6, 6.07) is 60.6. The molecule has 0 amide bonds. The van der Waals surface area contributed by atoms with E-state index in [1.54, 1.807) is 0 Å². The molecule has 138 heavy (non-hydrogen) atoms. The second-order valence-electron chi connectivity index (χ2n) is 32.0. The number of fused-ring (bicyclic) bond motifs is 2. The van der Waals surface area contributed by atoms with Gasteiger partial charge < -0.3 is 152 Å². The summed E-state index contributed by atoms with van der Waals surface area (Å²) >= 11 is 0. The van der Waals surface area contributed by atoms with E-state index in [1.807, 2.05) is 182 Å². The fraction of sp³-hybridized carbons (Fsp3) is 0.623. The summed E-state index contributed by atoms with van der Waals surface area (Å²) in [6.07, 6.45) is 3.32. The zero-order valence-corrected chi connectivity index (χ0v) is 81.1. The van der Waals surface area contributed by atoms with Crippen molar-refractivity contribution in [2.24, 2.45) is 0 Å². The van der Waals surface area contributed by atoms with Crippen LogP contribution in [0.15, 0.2) is 206 Å². The van der Waals surface area contributed by atoms with E-state index in [-0.39, 0.29) is 26.4 Å². The molecular formula is C106H156O32. The van der Waals surface area contributed by atoms with Crippen LogP contribution in [0, 0.1) is 0 Å². The maximum Gasteiger partial charge on any atom is 0.115 e. The molecule has 0 saturated carbocycles. The Kier molecular flexibility index (Phi) is 68.3. The number of hydrogen-bond acceptors (Lipinski definition) is 32. The summed E-state index contributed by atoms with van der Waals surface area (Å²) in [5.41, 5.74) is 6.23. The SMILES string of the molecule is C1=C/COCCOCCOCCOCCOCCOC[C@H]2O[C@H](CCOCc3ccccc3)[C@@H](OCc3ccccc3)[C@@H](OCc3ccccc3)[C@@H]2OCCOCCOCCOCCOCCOC/C=C/COCCOCCOCCOCCOCCO[C@H]2[C@H](OCc3ccccc3)[C@H](OCc3ccccc3)[C@@H](CCOCc3ccccc3)O[C@@H]2COCCOCCOCCOCCOCCOC/1. The average molecular weight is 1940 g/mol. The Morgan fingerprint density at radius 2 is 0.370 bits per heavy atom. The van der Waals surface area contributed by atoms with Crippen LogP contribution in [-0.2, 0) is 191 Å². The number of benzene rings is 6. The van der Waals surface area contributed by atoms with E-state index in [1.165, 1.54) is 0 Å². The van der Waals surface area contributed by atoms with Gasteiger partial charge in [0.2, 0.25) is 0 Å². The Bertz CT molecular complexity index is 3490. The Hall–Kier alpha value is -6.48.